The first kappa shape index (κ1) is 12.9. The molecule has 6 heteroatoms. The van der Waals surface area contributed by atoms with Crippen molar-refractivity contribution in [3.63, 3.8) is 0 Å². The summed E-state index contributed by atoms with van der Waals surface area (Å²) in [5.41, 5.74) is 5.33. The molecule has 0 saturated heterocycles. The summed E-state index contributed by atoms with van der Waals surface area (Å²) < 4.78 is 4.58. The monoisotopic (exact) mass is 204 g/mol. The third-order valence-corrected chi connectivity index (χ3v) is 1.53. The first-order valence-corrected chi connectivity index (χ1v) is 4.30. The molecule has 14 heavy (non-hydrogen) atoms. The Morgan fingerprint density at radius 2 is 2.14 bits per heavy atom. The molecular formula is C8H16N2O4. The fraction of sp³-hybridized carbons (Fsp3) is 0.750. The molecule has 0 unspecified atom stereocenters. The van der Waals surface area contributed by atoms with Gasteiger partial charge >= 0.3 is 5.97 Å². The van der Waals surface area contributed by atoms with E-state index in [4.69, 9.17) is 10.8 Å². The molecule has 2 atom stereocenters. The van der Waals surface area contributed by atoms with E-state index in [-0.39, 0.29) is 13.2 Å². The van der Waals surface area contributed by atoms with Crippen LogP contribution in [0.4, 0.5) is 0 Å². The number of esters is 1. The quantitative estimate of drug-likeness (QED) is 0.369. The maximum Gasteiger partial charge on any atom is 0.302 e. The number of ether oxygens (including phenoxy) is 1. The number of nitrogens with two attached hydrogens (primary N) is 1. The van der Waals surface area contributed by atoms with Gasteiger partial charge in [0.15, 0.2) is 0 Å². The Morgan fingerprint density at radius 1 is 1.57 bits per heavy atom. The topological polar surface area (TPSA) is 102 Å². The number of hydrogen-bond donors (Lipinski definition) is 3. The molecule has 0 fully saturated rings. The third kappa shape index (κ3) is 5.50. The van der Waals surface area contributed by atoms with Crippen LogP contribution in [0.3, 0.4) is 0 Å². The minimum atomic E-state index is -0.952. The number of hydrogen-bond acceptors (Lipinski definition) is 5. The largest absolute Gasteiger partial charge is 0.464 e. The highest BCUT2D eigenvalue weighted by molar-refractivity contribution is 5.82. The van der Waals surface area contributed by atoms with E-state index in [0.29, 0.717) is 0 Å². The van der Waals surface area contributed by atoms with Crippen LogP contribution in [0, 0.1) is 0 Å². The molecule has 82 valence electrons. The lowest BCUT2D eigenvalue weighted by molar-refractivity contribution is -0.141. The van der Waals surface area contributed by atoms with Gasteiger partial charge in [-0.25, -0.2) is 0 Å². The molecule has 0 aromatic carbocycles. The molecule has 0 heterocycles. The highest BCUT2D eigenvalue weighted by Crippen LogP contribution is 1.87. The van der Waals surface area contributed by atoms with Gasteiger partial charge in [0.05, 0.1) is 12.6 Å². The van der Waals surface area contributed by atoms with Crippen molar-refractivity contribution in [2.75, 3.05) is 13.2 Å². The summed E-state index contributed by atoms with van der Waals surface area (Å²) in [4.78, 5) is 21.4. The number of aliphatic hydroxyl groups is 1. The average molecular weight is 204 g/mol. The van der Waals surface area contributed by atoms with Gasteiger partial charge in [-0.3, -0.25) is 9.59 Å². The highest BCUT2D eigenvalue weighted by Gasteiger charge is 2.17. The Balaban J connectivity index is 3.59. The number of carbonyl (C=O) groups excluding carboxylic acids is 2. The van der Waals surface area contributed by atoms with Crippen LogP contribution in [0.2, 0.25) is 0 Å². The van der Waals surface area contributed by atoms with Crippen molar-refractivity contribution in [2.24, 2.45) is 5.73 Å². The molecule has 0 spiro atoms. The average Bonchev–Trinajstić information content (AvgIpc) is 2.10. The normalized spacial score (nSPS) is 14.3. The number of aliphatic hydroxyl groups excluding tert-OH is 1. The van der Waals surface area contributed by atoms with Crippen LogP contribution >= 0.6 is 0 Å². The first-order valence-electron chi connectivity index (χ1n) is 4.30. The number of rotatable bonds is 5. The van der Waals surface area contributed by atoms with E-state index in [2.05, 4.69) is 10.1 Å². The Bertz CT molecular complexity index is 206. The molecule has 1 amide bonds. The van der Waals surface area contributed by atoms with Crippen LogP contribution in [0.25, 0.3) is 0 Å². The Hall–Kier alpha value is -1.14. The fourth-order valence-electron chi connectivity index (χ4n) is 0.706. The Morgan fingerprint density at radius 3 is 2.57 bits per heavy atom. The van der Waals surface area contributed by atoms with E-state index in [0.717, 1.165) is 0 Å². The molecule has 6 nitrogen and oxygen atoms in total. The van der Waals surface area contributed by atoms with E-state index < -0.39 is 24.0 Å². The molecule has 0 aliphatic heterocycles. The summed E-state index contributed by atoms with van der Waals surface area (Å²) >= 11 is 0. The van der Waals surface area contributed by atoms with Crippen molar-refractivity contribution in [3.8, 4) is 0 Å². The highest BCUT2D eigenvalue weighted by atomic mass is 16.5. The molecule has 0 saturated carbocycles. The van der Waals surface area contributed by atoms with E-state index in [1.165, 1.54) is 13.8 Å². The summed E-state index contributed by atoms with van der Waals surface area (Å²) in [5.74, 6) is -0.869. The van der Waals surface area contributed by atoms with Crippen LogP contribution in [0.5, 0.6) is 0 Å². The van der Waals surface area contributed by atoms with Gasteiger partial charge in [-0.05, 0) is 6.92 Å². The smallest absolute Gasteiger partial charge is 0.302 e. The molecule has 0 aromatic rings. The zero-order valence-electron chi connectivity index (χ0n) is 8.32. The Labute approximate surface area is 82.4 Å². The molecule has 0 aliphatic carbocycles. The van der Waals surface area contributed by atoms with Crippen LogP contribution in [-0.2, 0) is 14.3 Å². The van der Waals surface area contributed by atoms with Crippen molar-refractivity contribution >= 4 is 11.9 Å². The lowest BCUT2D eigenvalue weighted by Crippen LogP contribution is -2.47. The van der Waals surface area contributed by atoms with E-state index in [1.54, 1.807) is 0 Å². The van der Waals surface area contributed by atoms with Crippen LogP contribution < -0.4 is 11.1 Å². The molecule has 0 radical (unpaired) electrons. The predicted molar refractivity (Wildman–Crippen MR) is 49.3 cm³/mol. The summed E-state index contributed by atoms with van der Waals surface area (Å²) in [6.07, 6.45) is -0.899. The zero-order chi connectivity index (χ0) is 11.1. The fourth-order valence-corrected chi connectivity index (χ4v) is 0.706. The second kappa shape index (κ2) is 6.33. The van der Waals surface area contributed by atoms with Gasteiger partial charge in [0.1, 0.15) is 12.6 Å². The molecule has 0 aromatic heterocycles. The van der Waals surface area contributed by atoms with Crippen molar-refractivity contribution in [1.29, 1.82) is 0 Å². The maximum absolute atomic E-state index is 11.1. The first-order chi connectivity index (χ1) is 6.45. The van der Waals surface area contributed by atoms with Gasteiger partial charge in [-0.2, -0.15) is 0 Å². The van der Waals surface area contributed by atoms with Crippen molar-refractivity contribution < 1.29 is 19.4 Å². The number of amides is 1. The van der Waals surface area contributed by atoms with Gasteiger partial charge in [-0.1, -0.05) is 0 Å². The summed E-state index contributed by atoms with van der Waals surface area (Å²) in [6.45, 7) is 3.01. The lowest BCUT2D eigenvalue weighted by Gasteiger charge is -2.14. The molecule has 0 aliphatic rings. The predicted octanol–water partition coefficient (Wildman–Crippen LogP) is -1.63. The van der Waals surface area contributed by atoms with E-state index >= 15 is 0 Å². The summed E-state index contributed by atoms with van der Waals surface area (Å²) in [6, 6.07) is -0.952. The second-order valence-corrected chi connectivity index (χ2v) is 2.90. The van der Waals surface area contributed by atoms with Crippen LogP contribution in [-0.4, -0.2) is 42.3 Å². The minimum Gasteiger partial charge on any atom is -0.464 e. The second-order valence-electron chi connectivity index (χ2n) is 2.90. The third-order valence-electron chi connectivity index (χ3n) is 1.53. The molecular weight excluding hydrogens is 188 g/mol. The van der Waals surface area contributed by atoms with Gasteiger partial charge in [0.2, 0.25) is 5.91 Å². The standard InChI is InChI=1S/C8H16N2O4/c1-5(11)7(9)8(13)10-3-4-14-6(2)12/h5,7,11H,3-4,9H2,1-2H3,(H,10,13)/t5-,7-/m1/s1. The van der Waals surface area contributed by atoms with Gasteiger partial charge in [-0.15, -0.1) is 0 Å². The maximum atomic E-state index is 11.1. The van der Waals surface area contributed by atoms with Gasteiger partial charge < -0.3 is 20.9 Å². The van der Waals surface area contributed by atoms with E-state index in [1.807, 2.05) is 0 Å². The molecule has 0 bridgehead atoms. The summed E-state index contributed by atoms with van der Waals surface area (Å²) in [7, 11) is 0. The summed E-state index contributed by atoms with van der Waals surface area (Å²) in [5, 5.41) is 11.4. The Kier molecular flexibility index (Phi) is 5.82. The minimum absolute atomic E-state index is 0.105. The van der Waals surface area contributed by atoms with Gasteiger partial charge in [0.25, 0.3) is 0 Å². The SMILES string of the molecule is CC(=O)OCCNC(=O)[C@H](N)[C@@H](C)O. The van der Waals surface area contributed by atoms with Crippen molar-refractivity contribution in [1.82, 2.24) is 5.32 Å². The van der Waals surface area contributed by atoms with E-state index in [9.17, 15) is 9.59 Å². The van der Waals surface area contributed by atoms with Crippen LogP contribution in [0.15, 0.2) is 0 Å². The van der Waals surface area contributed by atoms with Crippen molar-refractivity contribution in [2.45, 2.75) is 26.0 Å². The van der Waals surface area contributed by atoms with Crippen molar-refractivity contribution in [3.05, 3.63) is 0 Å². The molecule has 0 rings (SSSR count). The molecule has 4 N–H and O–H groups in total. The lowest BCUT2D eigenvalue weighted by atomic mass is 10.2. The van der Waals surface area contributed by atoms with Crippen LogP contribution in [0.1, 0.15) is 13.8 Å². The zero-order valence-corrected chi connectivity index (χ0v) is 8.32. The van der Waals surface area contributed by atoms with Gasteiger partial charge in [0, 0.05) is 6.92 Å². The number of nitrogens with one attached hydrogen (secondary N) is 1. The number of carbonyl (C=O) groups is 2.